The maximum Gasteiger partial charge on any atom is 0.123 e. The van der Waals surface area contributed by atoms with Gasteiger partial charge in [-0.3, -0.25) is 4.99 Å². The molecule has 0 unspecified atom stereocenters. The van der Waals surface area contributed by atoms with E-state index in [4.69, 9.17) is 0 Å². The molecule has 0 aliphatic rings. The highest BCUT2D eigenvalue weighted by Gasteiger charge is 2.26. The monoisotopic (exact) mass is 345 g/mol. The molecule has 0 atom stereocenters. The van der Waals surface area contributed by atoms with Crippen LogP contribution in [0.2, 0.25) is 0 Å². The second kappa shape index (κ2) is 9.40. The highest BCUT2D eigenvalue weighted by molar-refractivity contribution is 5.81. The molecule has 1 aromatic carbocycles. The molecule has 25 heavy (non-hydrogen) atoms. The summed E-state index contributed by atoms with van der Waals surface area (Å²) in [7, 11) is 0. The zero-order chi connectivity index (χ0) is 19.1. The topological polar surface area (TPSA) is 32.6 Å². The maximum atomic E-state index is 10.8. The summed E-state index contributed by atoms with van der Waals surface area (Å²) < 4.78 is 0. The van der Waals surface area contributed by atoms with Crippen LogP contribution >= 0.6 is 0 Å². The van der Waals surface area contributed by atoms with Crippen LogP contribution in [0.25, 0.3) is 0 Å². The largest absolute Gasteiger partial charge is 0.507 e. The molecule has 0 bridgehead atoms. The SMILES string of the molecule is CCCCCCCCN=Cc1cc(C(C)(C)C)c(O)c(C(C)(C)C)c1. The van der Waals surface area contributed by atoms with Crippen molar-refractivity contribution in [2.45, 2.75) is 97.8 Å². The van der Waals surface area contributed by atoms with Gasteiger partial charge >= 0.3 is 0 Å². The predicted molar refractivity (Wildman–Crippen MR) is 111 cm³/mol. The molecule has 2 nitrogen and oxygen atoms in total. The van der Waals surface area contributed by atoms with Crippen molar-refractivity contribution in [1.82, 2.24) is 0 Å². The molecule has 0 aliphatic carbocycles. The summed E-state index contributed by atoms with van der Waals surface area (Å²) in [6, 6.07) is 4.19. The molecule has 2 heteroatoms. The third kappa shape index (κ3) is 7.22. The van der Waals surface area contributed by atoms with E-state index < -0.39 is 0 Å². The first-order valence-electron chi connectivity index (χ1n) is 9.95. The van der Waals surface area contributed by atoms with Crippen LogP contribution in [-0.2, 0) is 10.8 Å². The Kier molecular flexibility index (Phi) is 8.18. The minimum atomic E-state index is -0.0901. The van der Waals surface area contributed by atoms with Gasteiger partial charge in [-0.1, -0.05) is 80.6 Å². The van der Waals surface area contributed by atoms with E-state index in [-0.39, 0.29) is 10.8 Å². The van der Waals surface area contributed by atoms with Crippen LogP contribution in [0.5, 0.6) is 5.75 Å². The summed E-state index contributed by atoms with van der Waals surface area (Å²) >= 11 is 0. The summed E-state index contributed by atoms with van der Waals surface area (Å²) in [5.74, 6) is 0.438. The Balaban J connectivity index is 2.84. The Labute approximate surface area is 155 Å². The molecule has 0 amide bonds. The van der Waals surface area contributed by atoms with Crippen molar-refractivity contribution < 1.29 is 5.11 Å². The zero-order valence-electron chi connectivity index (χ0n) is 17.6. The van der Waals surface area contributed by atoms with Crippen LogP contribution in [0.1, 0.15) is 104 Å². The molecule has 142 valence electrons. The third-order valence-corrected chi connectivity index (χ3v) is 4.63. The lowest BCUT2D eigenvalue weighted by Crippen LogP contribution is -2.17. The van der Waals surface area contributed by atoms with E-state index in [9.17, 15) is 5.11 Å². The Morgan fingerprint density at radius 3 is 1.80 bits per heavy atom. The first-order valence-corrected chi connectivity index (χ1v) is 9.95. The van der Waals surface area contributed by atoms with Gasteiger partial charge in [-0.05, 0) is 34.9 Å². The van der Waals surface area contributed by atoms with Crippen LogP contribution in [0.15, 0.2) is 17.1 Å². The fourth-order valence-electron chi connectivity index (χ4n) is 3.03. The molecule has 0 aromatic heterocycles. The van der Waals surface area contributed by atoms with Gasteiger partial charge < -0.3 is 5.11 Å². The number of aromatic hydroxyl groups is 1. The molecule has 0 fully saturated rings. The van der Waals surface area contributed by atoms with Crippen LogP contribution in [-0.4, -0.2) is 17.9 Å². The number of hydrogen-bond donors (Lipinski definition) is 1. The number of rotatable bonds is 8. The highest BCUT2D eigenvalue weighted by atomic mass is 16.3. The Hall–Kier alpha value is -1.31. The molecular weight excluding hydrogens is 306 g/mol. The fourth-order valence-corrected chi connectivity index (χ4v) is 3.03. The average molecular weight is 346 g/mol. The molecule has 0 aliphatic heterocycles. The first-order chi connectivity index (χ1) is 11.6. The maximum absolute atomic E-state index is 10.8. The lowest BCUT2D eigenvalue weighted by molar-refractivity contribution is 0.423. The number of unbranched alkanes of at least 4 members (excludes halogenated alkanes) is 5. The van der Waals surface area contributed by atoms with Gasteiger partial charge in [0.1, 0.15) is 5.75 Å². The van der Waals surface area contributed by atoms with Crippen molar-refractivity contribution in [2.24, 2.45) is 4.99 Å². The Morgan fingerprint density at radius 1 is 0.840 bits per heavy atom. The molecule has 0 heterocycles. The van der Waals surface area contributed by atoms with E-state index in [2.05, 4.69) is 65.6 Å². The first kappa shape index (κ1) is 21.7. The van der Waals surface area contributed by atoms with Gasteiger partial charge in [-0.15, -0.1) is 0 Å². The van der Waals surface area contributed by atoms with Crippen LogP contribution in [0.3, 0.4) is 0 Å². The van der Waals surface area contributed by atoms with E-state index in [1.54, 1.807) is 0 Å². The Morgan fingerprint density at radius 2 is 1.32 bits per heavy atom. The molecule has 1 N–H and O–H groups in total. The lowest BCUT2D eigenvalue weighted by Gasteiger charge is -2.27. The summed E-state index contributed by atoms with van der Waals surface area (Å²) in [6.07, 6.45) is 9.74. The standard InChI is InChI=1S/C23H39NO/c1-8-9-10-11-12-13-14-24-17-18-15-19(22(2,3)4)21(25)20(16-18)23(5,6)7/h15-17,25H,8-14H2,1-7H3. The van der Waals surface area contributed by atoms with Gasteiger partial charge in [0.25, 0.3) is 0 Å². The summed E-state index contributed by atoms with van der Waals surface area (Å²) in [6.45, 7) is 16.0. The van der Waals surface area contributed by atoms with E-state index in [1.807, 2.05) is 6.21 Å². The molecular formula is C23H39NO. The molecule has 0 radical (unpaired) electrons. The smallest absolute Gasteiger partial charge is 0.123 e. The molecule has 0 saturated carbocycles. The van der Waals surface area contributed by atoms with Crippen molar-refractivity contribution in [3.63, 3.8) is 0 Å². The van der Waals surface area contributed by atoms with Gasteiger partial charge in [-0.2, -0.15) is 0 Å². The number of aliphatic imine (C=N–C) groups is 1. The lowest BCUT2D eigenvalue weighted by atomic mass is 9.78. The van der Waals surface area contributed by atoms with Crippen molar-refractivity contribution in [3.05, 3.63) is 28.8 Å². The van der Waals surface area contributed by atoms with Crippen LogP contribution < -0.4 is 0 Å². The predicted octanol–water partition coefficient (Wildman–Crippen LogP) is 6.77. The number of phenols is 1. The zero-order valence-corrected chi connectivity index (χ0v) is 17.6. The molecule has 0 spiro atoms. The number of phenolic OH excluding ortho intramolecular Hbond substituents is 1. The van der Waals surface area contributed by atoms with Gasteiger partial charge in [0.05, 0.1) is 0 Å². The van der Waals surface area contributed by atoms with Crippen LogP contribution in [0.4, 0.5) is 0 Å². The summed E-state index contributed by atoms with van der Waals surface area (Å²) in [4.78, 5) is 4.63. The summed E-state index contributed by atoms with van der Waals surface area (Å²) in [5, 5.41) is 10.8. The quantitative estimate of drug-likeness (QED) is 0.409. The van der Waals surface area contributed by atoms with Gasteiger partial charge in [0.15, 0.2) is 0 Å². The van der Waals surface area contributed by atoms with Crippen LogP contribution in [0, 0.1) is 0 Å². The fraction of sp³-hybridized carbons (Fsp3) is 0.696. The van der Waals surface area contributed by atoms with Gasteiger partial charge in [0, 0.05) is 23.9 Å². The van der Waals surface area contributed by atoms with E-state index in [0.717, 1.165) is 29.7 Å². The van der Waals surface area contributed by atoms with E-state index in [1.165, 1.54) is 32.1 Å². The van der Waals surface area contributed by atoms with Crippen molar-refractivity contribution in [1.29, 1.82) is 0 Å². The molecule has 0 saturated heterocycles. The Bertz CT molecular complexity index is 523. The minimum absolute atomic E-state index is 0.0901. The van der Waals surface area contributed by atoms with Crippen molar-refractivity contribution in [2.75, 3.05) is 6.54 Å². The third-order valence-electron chi connectivity index (χ3n) is 4.63. The van der Waals surface area contributed by atoms with Gasteiger partial charge in [-0.25, -0.2) is 0 Å². The second-order valence-corrected chi connectivity index (χ2v) is 9.27. The normalized spacial score (nSPS) is 12.9. The molecule has 1 rings (SSSR count). The summed E-state index contributed by atoms with van der Waals surface area (Å²) in [5.41, 5.74) is 2.92. The number of hydrogen-bond acceptors (Lipinski definition) is 2. The average Bonchev–Trinajstić information content (AvgIpc) is 2.48. The van der Waals surface area contributed by atoms with E-state index >= 15 is 0 Å². The highest BCUT2D eigenvalue weighted by Crippen LogP contribution is 2.39. The van der Waals surface area contributed by atoms with Crippen molar-refractivity contribution in [3.8, 4) is 5.75 Å². The van der Waals surface area contributed by atoms with Gasteiger partial charge in [0.2, 0.25) is 0 Å². The minimum Gasteiger partial charge on any atom is -0.507 e. The number of benzene rings is 1. The van der Waals surface area contributed by atoms with E-state index in [0.29, 0.717) is 5.75 Å². The van der Waals surface area contributed by atoms with Crippen molar-refractivity contribution >= 4 is 6.21 Å². The molecule has 1 aromatic rings. The number of nitrogens with zero attached hydrogens (tertiary/aromatic N) is 1. The second-order valence-electron chi connectivity index (χ2n) is 9.27.